The summed E-state index contributed by atoms with van der Waals surface area (Å²) in [6.45, 7) is 4.15. The van der Waals surface area contributed by atoms with Crippen molar-refractivity contribution in [2.24, 2.45) is 0 Å². The second-order valence-corrected chi connectivity index (χ2v) is 5.04. The largest absolute Gasteiger partial charge is 0.489 e. The number of anilines is 1. The number of amides is 2. The Morgan fingerprint density at radius 3 is 2.91 bits per heavy atom. The molecule has 1 heterocycles. The number of rotatable bonds is 6. The van der Waals surface area contributed by atoms with Crippen LogP contribution in [-0.4, -0.2) is 22.1 Å². The van der Waals surface area contributed by atoms with Gasteiger partial charge < -0.3 is 20.4 Å². The van der Waals surface area contributed by atoms with E-state index in [0.29, 0.717) is 17.1 Å². The van der Waals surface area contributed by atoms with Crippen molar-refractivity contribution < 1.29 is 9.53 Å². The molecule has 2 amide bonds. The third-order valence-corrected chi connectivity index (χ3v) is 3.20. The summed E-state index contributed by atoms with van der Waals surface area (Å²) in [5.41, 5.74) is 0.807. The molecule has 0 bridgehead atoms. The number of carbonyl (C=O) groups excluding carboxylic acids is 1. The van der Waals surface area contributed by atoms with E-state index in [1.165, 1.54) is 12.4 Å². The molecule has 122 valence electrons. The summed E-state index contributed by atoms with van der Waals surface area (Å²) in [7, 11) is 0. The lowest BCUT2D eigenvalue weighted by Crippen LogP contribution is -2.29. The number of aromatic nitrogens is 2. The van der Waals surface area contributed by atoms with E-state index in [-0.39, 0.29) is 18.2 Å². The Hall–Kier alpha value is -2.83. The summed E-state index contributed by atoms with van der Waals surface area (Å²) in [6.07, 6.45) is 2.22. The molecule has 0 aliphatic rings. The molecule has 0 aliphatic heterocycles. The molecule has 0 radical (unpaired) electrons. The van der Waals surface area contributed by atoms with E-state index in [1.807, 2.05) is 26.0 Å². The van der Waals surface area contributed by atoms with Gasteiger partial charge in [0, 0.05) is 6.07 Å². The highest BCUT2D eigenvalue weighted by atomic mass is 16.5. The van der Waals surface area contributed by atoms with Crippen molar-refractivity contribution in [2.45, 2.75) is 32.9 Å². The number of H-pyrrole nitrogens is 1. The second-order valence-electron chi connectivity index (χ2n) is 5.04. The topological polar surface area (TPSA) is 96.1 Å². The molecule has 0 saturated heterocycles. The zero-order valence-corrected chi connectivity index (χ0v) is 13.1. The van der Waals surface area contributed by atoms with E-state index < -0.39 is 6.03 Å². The number of nitrogens with one attached hydrogen (secondary N) is 3. The summed E-state index contributed by atoms with van der Waals surface area (Å²) in [6, 6.07) is 8.17. The smallest absolute Gasteiger partial charge is 0.319 e. The molecule has 2 aromatic rings. The molecule has 1 aromatic carbocycles. The molecular formula is C16H20N4O3. The molecule has 2 rings (SSSR count). The van der Waals surface area contributed by atoms with Crippen molar-refractivity contribution in [1.82, 2.24) is 15.3 Å². The number of ether oxygens (including phenoxy) is 1. The van der Waals surface area contributed by atoms with Crippen LogP contribution in [0.1, 0.15) is 26.0 Å². The first-order chi connectivity index (χ1) is 11.1. The average Bonchev–Trinajstić information content (AvgIpc) is 2.55. The molecule has 23 heavy (non-hydrogen) atoms. The maximum absolute atomic E-state index is 12.0. The van der Waals surface area contributed by atoms with Gasteiger partial charge in [-0.3, -0.25) is 4.79 Å². The summed E-state index contributed by atoms with van der Waals surface area (Å²) in [5.74, 6) is 0.617. The Kier molecular flexibility index (Phi) is 5.74. The zero-order valence-electron chi connectivity index (χ0n) is 13.1. The van der Waals surface area contributed by atoms with Gasteiger partial charge in [-0.05, 0) is 25.5 Å². The molecule has 7 nitrogen and oxygen atoms in total. The molecule has 0 fully saturated rings. The first kappa shape index (κ1) is 16.5. The van der Waals surface area contributed by atoms with Crippen LogP contribution in [0.25, 0.3) is 0 Å². The van der Waals surface area contributed by atoms with Crippen molar-refractivity contribution in [3.63, 3.8) is 0 Å². The van der Waals surface area contributed by atoms with Gasteiger partial charge >= 0.3 is 6.03 Å². The van der Waals surface area contributed by atoms with E-state index >= 15 is 0 Å². The zero-order chi connectivity index (χ0) is 16.7. The van der Waals surface area contributed by atoms with Crippen molar-refractivity contribution in [3.8, 4) is 5.75 Å². The standard InChI is InChI=1S/C16H20N4O3/c1-3-11(2)23-14-7-5-4-6-13(14)20-16(22)17-9-12-8-15(21)19-10-18-12/h4-8,10-11H,3,9H2,1-2H3,(H2,17,20,22)(H,18,19,21)/t11-/m1/s1. The van der Waals surface area contributed by atoms with Crippen molar-refractivity contribution >= 4 is 11.7 Å². The van der Waals surface area contributed by atoms with Gasteiger partial charge in [-0.25, -0.2) is 9.78 Å². The average molecular weight is 316 g/mol. The monoisotopic (exact) mass is 316 g/mol. The number of aromatic amines is 1. The molecule has 1 atom stereocenters. The van der Waals surface area contributed by atoms with Crippen molar-refractivity contribution in [3.05, 3.63) is 52.7 Å². The molecule has 0 aliphatic carbocycles. The van der Waals surface area contributed by atoms with Crippen LogP contribution in [0.5, 0.6) is 5.75 Å². The van der Waals surface area contributed by atoms with Gasteiger partial charge in [0.1, 0.15) is 5.75 Å². The number of para-hydroxylation sites is 2. The molecular weight excluding hydrogens is 296 g/mol. The van der Waals surface area contributed by atoms with E-state index in [2.05, 4.69) is 20.6 Å². The van der Waals surface area contributed by atoms with E-state index in [4.69, 9.17) is 4.74 Å². The van der Waals surface area contributed by atoms with Crippen LogP contribution in [-0.2, 0) is 6.54 Å². The normalized spacial score (nSPS) is 11.6. The van der Waals surface area contributed by atoms with Crippen LogP contribution in [0.4, 0.5) is 10.5 Å². The van der Waals surface area contributed by atoms with Crippen molar-refractivity contribution in [2.75, 3.05) is 5.32 Å². The van der Waals surface area contributed by atoms with Crippen LogP contribution >= 0.6 is 0 Å². The minimum atomic E-state index is -0.396. The van der Waals surface area contributed by atoms with Gasteiger partial charge in [-0.15, -0.1) is 0 Å². The maximum Gasteiger partial charge on any atom is 0.319 e. The molecule has 1 aromatic heterocycles. The predicted octanol–water partition coefficient (Wildman–Crippen LogP) is 2.27. The molecule has 0 saturated carbocycles. The van der Waals surface area contributed by atoms with Crippen LogP contribution < -0.4 is 20.9 Å². The Bertz CT molecular complexity index is 714. The maximum atomic E-state index is 12.0. The van der Waals surface area contributed by atoms with Gasteiger partial charge in [0.2, 0.25) is 0 Å². The Morgan fingerprint density at radius 2 is 2.17 bits per heavy atom. The summed E-state index contributed by atoms with van der Waals surface area (Å²) in [4.78, 5) is 29.5. The minimum Gasteiger partial charge on any atom is -0.489 e. The van der Waals surface area contributed by atoms with Gasteiger partial charge in [0.25, 0.3) is 5.56 Å². The Balaban J connectivity index is 1.96. The predicted molar refractivity (Wildman–Crippen MR) is 87.5 cm³/mol. The number of carbonyl (C=O) groups is 1. The third-order valence-electron chi connectivity index (χ3n) is 3.20. The van der Waals surface area contributed by atoms with Gasteiger partial charge in [0.15, 0.2) is 0 Å². The molecule has 3 N–H and O–H groups in total. The van der Waals surface area contributed by atoms with Crippen molar-refractivity contribution in [1.29, 1.82) is 0 Å². The Labute approximate surface area is 134 Å². The van der Waals surface area contributed by atoms with Crippen LogP contribution in [0, 0.1) is 0 Å². The number of benzene rings is 1. The van der Waals surface area contributed by atoms with E-state index in [0.717, 1.165) is 6.42 Å². The van der Waals surface area contributed by atoms with Crippen LogP contribution in [0.15, 0.2) is 41.5 Å². The highest BCUT2D eigenvalue weighted by Crippen LogP contribution is 2.25. The van der Waals surface area contributed by atoms with Gasteiger partial charge in [-0.1, -0.05) is 19.1 Å². The number of hydrogen-bond donors (Lipinski definition) is 3. The second kappa shape index (κ2) is 7.98. The van der Waals surface area contributed by atoms with E-state index in [1.54, 1.807) is 12.1 Å². The highest BCUT2D eigenvalue weighted by molar-refractivity contribution is 5.90. The quantitative estimate of drug-likeness (QED) is 0.761. The number of hydrogen-bond acceptors (Lipinski definition) is 4. The molecule has 7 heteroatoms. The summed E-state index contributed by atoms with van der Waals surface area (Å²) < 4.78 is 5.77. The first-order valence-electron chi connectivity index (χ1n) is 7.42. The van der Waals surface area contributed by atoms with Crippen LogP contribution in [0.3, 0.4) is 0 Å². The minimum absolute atomic E-state index is 0.0567. The van der Waals surface area contributed by atoms with E-state index in [9.17, 15) is 9.59 Å². The fourth-order valence-electron chi connectivity index (χ4n) is 1.82. The lowest BCUT2D eigenvalue weighted by molar-refractivity contribution is 0.218. The summed E-state index contributed by atoms with van der Waals surface area (Å²) >= 11 is 0. The highest BCUT2D eigenvalue weighted by Gasteiger charge is 2.09. The first-order valence-corrected chi connectivity index (χ1v) is 7.42. The van der Waals surface area contributed by atoms with Gasteiger partial charge in [0.05, 0.1) is 30.4 Å². The number of nitrogens with zero attached hydrogens (tertiary/aromatic N) is 1. The Morgan fingerprint density at radius 1 is 1.39 bits per heavy atom. The fraction of sp³-hybridized carbons (Fsp3) is 0.312. The fourth-order valence-corrected chi connectivity index (χ4v) is 1.82. The van der Waals surface area contributed by atoms with Crippen LogP contribution in [0.2, 0.25) is 0 Å². The SMILES string of the molecule is CC[C@@H](C)Oc1ccccc1NC(=O)NCc1cc(=O)[nH]cn1. The lowest BCUT2D eigenvalue weighted by atomic mass is 10.2. The molecule has 0 spiro atoms. The molecule has 0 unspecified atom stereocenters. The lowest BCUT2D eigenvalue weighted by Gasteiger charge is -2.16. The van der Waals surface area contributed by atoms with Gasteiger partial charge in [-0.2, -0.15) is 0 Å². The third kappa shape index (κ3) is 5.14. The summed E-state index contributed by atoms with van der Waals surface area (Å²) in [5, 5.41) is 5.38. The number of urea groups is 1.